The van der Waals surface area contributed by atoms with E-state index < -0.39 is 0 Å². The molecular formula is C23H25N3O2. The Hall–Kier alpha value is -2.82. The quantitative estimate of drug-likeness (QED) is 0.675. The molecule has 5 heteroatoms. The third-order valence-corrected chi connectivity index (χ3v) is 7.56. The number of para-hydroxylation sites is 1. The fraction of sp³-hybridized carbons (Fsp3) is 0.391. The first-order valence-electron chi connectivity index (χ1n) is 9.90. The molecule has 28 heavy (non-hydrogen) atoms. The number of hydrogen-bond donors (Lipinski definition) is 2. The molecule has 0 radical (unpaired) electrons. The third kappa shape index (κ3) is 2.07. The van der Waals surface area contributed by atoms with Gasteiger partial charge in [0.25, 0.3) is 5.91 Å². The van der Waals surface area contributed by atoms with E-state index in [9.17, 15) is 9.90 Å². The van der Waals surface area contributed by atoms with Gasteiger partial charge in [0, 0.05) is 23.4 Å². The summed E-state index contributed by atoms with van der Waals surface area (Å²) >= 11 is 0. The van der Waals surface area contributed by atoms with Gasteiger partial charge in [-0.25, -0.2) is 0 Å². The largest absolute Gasteiger partial charge is 0.508 e. The van der Waals surface area contributed by atoms with Crippen molar-refractivity contribution < 1.29 is 9.90 Å². The number of rotatable bonds is 1. The highest BCUT2D eigenvalue weighted by atomic mass is 16.3. The van der Waals surface area contributed by atoms with Crippen LogP contribution in [-0.2, 0) is 11.8 Å². The van der Waals surface area contributed by atoms with E-state index in [0.717, 1.165) is 22.9 Å². The molecule has 2 atom stereocenters. The second-order valence-electron chi connectivity index (χ2n) is 8.94. The molecule has 1 fully saturated rings. The number of likely N-dealkylation sites (tertiary alicyclic amines) is 1. The molecule has 0 spiro atoms. The van der Waals surface area contributed by atoms with Crippen LogP contribution in [0.5, 0.6) is 5.75 Å². The number of amides is 1. The maximum Gasteiger partial charge on any atom is 0.275 e. The molecule has 1 aliphatic heterocycles. The number of phenols is 1. The zero-order valence-corrected chi connectivity index (χ0v) is 16.5. The molecule has 1 aliphatic carbocycles. The van der Waals surface area contributed by atoms with Crippen molar-refractivity contribution in [1.29, 1.82) is 0 Å². The number of H-pyrrole nitrogens is 1. The van der Waals surface area contributed by atoms with Gasteiger partial charge in [0.1, 0.15) is 5.75 Å². The summed E-state index contributed by atoms with van der Waals surface area (Å²) in [5, 5.41) is 18.7. The van der Waals surface area contributed by atoms with Gasteiger partial charge in [-0.05, 0) is 41.5 Å². The van der Waals surface area contributed by atoms with Gasteiger partial charge in [-0.1, -0.05) is 51.1 Å². The predicted octanol–water partition coefficient (Wildman–Crippen LogP) is 4.02. The first-order chi connectivity index (χ1) is 13.3. The number of aromatic amines is 1. The average Bonchev–Trinajstić information content (AvgIpc) is 3.09. The first-order valence-corrected chi connectivity index (χ1v) is 9.90. The molecule has 0 saturated carbocycles. The van der Waals surface area contributed by atoms with E-state index in [1.165, 1.54) is 5.56 Å². The fourth-order valence-electron chi connectivity index (χ4n) is 5.43. The van der Waals surface area contributed by atoms with Gasteiger partial charge in [0.05, 0.1) is 5.52 Å². The van der Waals surface area contributed by atoms with Crippen LogP contribution in [0.4, 0.5) is 0 Å². The Labute approximate surface area is 164 Å². The number of hydrogen-bond acceptors (Lipinski definition) is 3. The zero-order chi connectivity index (χ0) is 19.7. The van der Waals surface area contributed by atoms with Gasteiger partial charge < -0.3 is 10.0 Å². The van der Waals surface area contributed by atoms with E-state index in [1.54, 1.807) is 6.07 Å². The summed E-state index contributed by atoms with van der Waals surface area (Å²) in [5.74, 6) is 0.306. The smallest absolute Gasteiger partial charge is 0.275 e. The predicted molar refractivity (Wildman–Crippen MR) is 108 cm³/mol. The van der Waals surface area contributed by atoms with Crippen molar-refractivity contribution in [3.8, 4) is 5.75 Å². The van der Waals surface area contributed by atoms with Crippen LogP contribution in [0.3, 0.4) is 0 Å². The fourth-order valence-corrected chi connectivity index (χ4v) is 5.43. The molecule has 1 aromatic heterocycles. The van der Waals surface area contributed by atoms with E-state index in [2.05, 4.69) is 37.0 Å². The number of benzene rings is 2. The van der Waals surface area contributed by atoms with Crippen LogP contribution in [0.2, 0.25) is 0 Å². The Morgan fingerprint density at radius 2 is 1.96 bits per heavy atom. The SMILES string of the molecule is CC1(C)C2Cc3c(O)cccc3[C@]1(C)CCN2C(=O)c1n[nH]c2ccccc12. The van der Waals surface area contributed by atoms with Gasteiger partial charge in [0.2, 0.25) is 0 Å². The Morgan fingerprint density at radius 1 is 1.18 bits per heavy atom. The van der Waals surface area contributed by atoms with Gasteiger partial charge in [-0.3, -0.25) is 9.89 Å². The van der Waals surface area contributed by atoms with Crippen molar-refractivity contribution in [3.05, 3.63) is 59.3 Å². The van der Waals surface area contributed by atoms with Crippen molar-refractivity contribution in [3.63, 3.8) is 0 Å². The second-order valence-corrected chi connectivity index (χ2v) is 8.94. The molecule has 2 heterocycles. The molecule has 1 unspecified atom stereocenters. The van der Waals surface area contributed by atoms with Crippen LogP contribution < -0.4 is 0 Å². The maximum atomic E-state index is 13.5. The summed E-state index contributed by atoms with van der Waals surface area (Å²) < 4.78 is 0. The lowest BCUT2D eigenvalue weighted by Gasteiger charge is -2.60. The molecule has 5 nitrogen and oxygen atoms in total. The summed E-state index contributed by atoms with van der Waals surface area (Å²) in [6.45, 7) is 7.49. The Kier molecular flexibility index (Phi) is 3.46. The van der Waals surface area contributed by atoms with Crippen molar-refractivity contribution in [2.24, 2.45) is 5.41 Å². The van der Waals surface area contributed by atoms with Crippen molar-refractivity contribution in [2.75, 3.05) is 6.54 Å². The van der Waals surface area contributed by atoms with Crippen LogP contribution in [0, 0.1) is 5.41 Å². The van der Waals surface area contributed by atoms with Gasteiger partial charge >= 0.3 is 0 Å². The summed E-state index contributed by atoms with van der Waals surface area (Å²) in [4.78, 5) is 15.5. The highest BCUT2D eigenvalue weighted by molar-refractivity contribution is 6.04. The minimum absolute atomic E-state index is 0.00927. The Morgan fingerprint density at radius 3 is 2.79 bits per heavy atom. The number of nitrogens with one attached hydrogen (secondary N) is 1. The number of fused-ring (bicyclic) bond motifs is 5. The first kappa shape index (κ1) is 17.3. The molecule has 3 aromatic rings. The maximum absolute atomic E-state index is 13.5. The lowest BCUT2D eigenvalue weighted by Crippen LogP contribution is -2.64. The highest BCUT2D eigenvalue weighted by Crippen LogP contribution is 2.57. The number of nitrogens with zero attached hydrogens (tertiary/aromatic N) is 2. The lowest BCUT2D eigenvalue weighted by atomic mass is 9.51. The summed E-state index contributed by atoms with van der Waals surface area (Å²) in [6.07, 6.45) is 1.53. The standard InChI is InChI=1S/C23H25N3O2/c1-22(2)19-13-15-16(8-6-10-18(15)27)23(22,3)11-12-26(19)21(28)20-14-7-4-5-9-17(14)24-25-20/h4-10,19,27H,11-13H2,1-3H3,(H,24,25)/t19?,23-/m0/s1. The van der Waals surface area contributed by atoms with Gasteiger partial charge in [-0.15, -0.1) is 0 Å². The summed E-state index contributed by atoms with van der Waals surface area (Å²) in [5.41, 5.74) is 3.36. The van der Waals surface area contributed by atoms with Crippen LogP contribution in [0.25, 0.3) is 10.9 Å². The van der Waals surface area contributed by atoms with E-state index in [1.807, 2.05) is 35.2 Å². The normalized spacial score (nSPS) is 25.5. The molecule has 2 aromatic carbocycles. The van der Waals surface area contributed by atoms with Crippen LogP contribution in [-0.4, -0.2) is 38.7 Å². The molecule has 1 amide bonds. The Bertz CT molecular complexity index is 1100. The van der Waals surface area contributed by atoms with E-state index >= 15 is 0 Å². The monoisotopic (exact) mass is 375 g/mol. The van der Waals surface area contributed by atoms with E-state index in [-0.39, 0.29) is 22.8 Å². The second kappa shape index (κ2) is 5.60. The highest BCUT2D eigenvalue weighted by Gasteiger charge is 2.57. The number of phenolic OH excluding ortho intramolecular Hbond substituents is 1. The van der Waals surface area contributed by atoms with Crippen LogP contribution in [0.1, 0.15) is 48.8 Å². The molecule has 144 valence electrons. The lowest BCUT2D eigenvalue weighted by molar-refractivity contribution is -0.0268. The van der Waals surface area contributed by atoms with E-state index in [4.69, 9.17) is 0 Å². The minimum Gasteiger partial charge on any atom is -0.508 e. The van der Waals surface area contributed by atoms with Crippen molar-refractivity contribution >= 4 is 16.8 Å². The topological polar surface area (TPSA) is 69.2 Å². The number of carbonyl (C=O) groups excluding carboxylic acids is 1. The number of carbonyl (C=O) groups is 1. The summed E-state index contributed by atoms with van der Waals surface area (Å²) in [7, 11) is 0. The molecular weight excluding hydrogens is 350 g/mol. The molecule has 5 rings (SSSR count). The van der Waals surface area contributed by atoms with Crippen molar-refractivity contribution in [1.82, 2.24) is 15.1 Å². The molecule has 2 aliphatic rings. The van der Waals surface area contributed by atoms with Gasteiger partial charge in [0.15, 0.2) is 5.69 Å². The summed E-state index contributed by atoms with van der Waals surface area (Å²) in [6, 6.07) is 13.6. The van der Waals surface area contributed by atoms with Crippen LogP contribution >= 0.6 is 0 Å². The number of aromatic hydroxyl groups is 1. The zero-order valence-electron chi connectivity index (χ0n) is 16.5. The molecule has 2 bridgehead atoms. The van der Waals surface area contributed by atoms with Crippen LogP contribution in [0.15, 0.2) is 42.5 Å². The van der Waals surface area contributed by atoms with Gasteiger partial charge in [-0.2, -0.15) is 5.10 Å². The molecule has 2 N–H and O–H groups in total. The Balaban J connectivity index is 1.61. The molecule has 1 saturated heterocycles. The minimum atomic E-state index is -0.117. The third-order valence-electron chi connectivity index (χ3n) is 7.56. The van der Waals surface area contributed by atoms with Crippen molar-refractivity contribution in [2.45, 2.75) is 45.1 Å². The number of aromatic nitrogens is 2. The van der Waals surface area contributed by atoms with E-state index in [0.29, 0.717) is 24.4 Å². The average molecular weight is 375 g/mol. The number of piperidine rings is 1.